The standard InChI is InChI=1S/C14H27NO3/c1-3-12(4-2)14(17)15-8-6-13(7-9-15)18-11-5-10-16/h12-13,16H,3-11H2,1-2H3. The van der Waals surface area contributed by atoms with Crippen LogP contribution in [0.25, 0.3) is 0 Å². The molecule has 1 N–H and O–H groups in total. The zero-order valence-electron chi connectivity index (χ0n) is 11.7. The van der Waals surface area contributed by atoms with Crippen molar-refractivity contribution in [1.82, 2.24) is 4.90 Å². The SMILES string of the molecule is CCC(CC)C(=O)N1CCC(OCCCO)CC1. The van der Waals surface area contributed by atoms with E-state index in [-0.39, 0.29) is 18.6 Å². The van der Waals surface area contributed by atoms with E-state index in [9.17, 15) is 4.79 Å². The van der Waals surface area contributed by atoms with Gasteiger partial charge in [-0.05, 0) is 32.1 Å². The number of likely N-dealkylation sites (tertiary alicyclic amines) is 1. The number of hydrogen-bond donors (Lipinski definition) is 1. The molecule has 0 aromatic carbocycles. The third kappa shape index (κ3) is 4.58. The van der Waals surface area contributed by atoms with Crippen LogP contribution in [-0.2, 0) is 9.53 Å². The lowest BCUT2D eigenvalue weighted by Crippen LogP contribution is -2.43. The fraction of sp³-hybridized carbons (Fsp3) is 0.929. The highest BCUT2D eigenvalue weighted by Crippen LogP contribution is 2.18. The molecule has 0 atom stereocenters. The largest absolute Gasteiger partial charge is 0.396 e. The molecule has 0 spiro atoms. The first-order valence-electron chi connectivity index (χ1n) is 7.24. The van der Waals surface area contributed by atoms with Crippen molar-refractivity contribution < 1.29 is 14.6 Å². The second-order valence-corrected chi connectivity index (χ2v) is 4.99. The van der Waals surface area contributed by atoms with Crippen molar-refractivity contribution in [3.05, 3.63) is 0 Å². The van der Waals surface area contributed by atoms with Gasteiger partial charge in [0.05, 0.1) is 6.10 Å². The van der Waals surface area contributed by atoms with Crippen molar-refractivity contribution >= 4 is 5.91 Å². The molecule has 4 nitrogen and oxygen atoms in total. The van der Waals surface area contributed by atoms with Gasteiger partial charge in [-0.1, -0.05) is 13.8 Å². The molecule has 1 aliphatic rings. The Labute approximate surface area is 110 Å². The summed E-state index contributed by atoms with van der Waals surface area (Å²) < 4.78 is 5.67. The first kappa shape index (κ1) is 15.4. The fourth-order valence-corrected chi connectivity index (χ4v) is 2.45. The summed E-state index contributed by atoms with van der Waals surface area (Å²) >= 11 is 0. The van der Waals surface area contributed by atoms with Crippen LogP contribution in [0.3, 0.4) is 0 Å². The Morgan fingerprint density at radius 3 is 2.44 bits per heavy atom. The van der Waals surface area contributed by atoms with Gasteiger partial charge in [0.2, 0.25) is 5.91 Å². The van der Waals surface area contributed by atoms with E-state index in [1.807, 2.05) is 4.90 Å². The maximum atomic E-state index is 12.2. The molecule has 0 aromatic heterocycles. The molecule has 0 aliphatic carbocycles. The minimum absolute atomic E-state index is 0.187. The number of nitrogens with zero attached hydrogens (tertiary/aromatic N) is 1. The van der Waals surface area contributed by atoms with Gasteiger partial charge in [-0.15, -0.1) is 0 Å². The minimum atomic E-state index is 0.187. The predicted octanol–water partition coefficient (Wildman–Crippen LogP) is 1.81. The van der Waals surface area contributed by atoms with E-state index in [4.69, 9.17) is 9.84 Å². The molecule has 1 aliphatic heterocycles. The highest BCUT2D eigenvalue weighted by atomic mass is 16.5. The number of carbonyl (C=O) groups excluding carboxylic acids is 1. The Hall–Kier alpha value is -0.610. The monoisotopic (exact) mass is 257 g/mol. The van der Waals surface area contributed by atoms with E-state index in [0.717, 1.165) is 38.8 Å². The second-order valence-electron chi connectivity index (χ2n) is 4.99. The number of amides is 1. The first-order valence-corrected chi connectivity index (χ1v) is 7.24. The Morgan fingerprint density at radius 1 is 1.33 bits per heavy atom. The summed E-state index contributed by atoms with van der Waals surface area (Å²) in [5.74, 6) is 0.505. The van der Waals surface area contributed by atoms with E-state index in [0.29, 0.717) is 18.9 Å². The summed E-state index contributed by atoms with van der Waals surface area (Å²) in [5, 5.41) is 8.69. The van der Waals surface area contributed by atoms with Crippen LogP contribution in [0.4, 0.5) is 0 Å². The number of ether oxygens (including phenoxy) is 1. The first-order chi connectivity index (χ1) is 8.72. The highest BCUT2D eigenvalue weighted by molar-refractivity contribution is 5.78. The number of carbonyl (C=O) groups is 1. The summed E-state index contributed by atoms with van der Waals surface area (Å²) in [4.78, 5) is 14.2. The summed E-state index contributed by atoms with van der Waals surface area (Å²) in [6.45, 7) is 6.61. The van der Waals surface area contributed by atoms with E-state index in [1.165, 1.54) is 0 Å². The molecule has 0 saturated carbocycles. The van der Waals surface area contributed by atoms with Gasteiger partial charge in [-0.2, -0.15) is 0 Å². The Bertz CT molecular complexity index is 233. The molecule has 0 unspecified atom stereocenters. The number of hydrogen-bond acceptors (Lipinski definition) is 3. The average molecular weight is 257 g/mol. The van der Waals surface area contributed by atoms with Crippen molar-refractivity contribution in [3.63, 3.8) is 0 Å². The fourth-order valence-electron chi connectivity index (χ4n) is 2.45. The van der Waals surface area contributed by atoms with E-state index in [2.05, 4.69) is 13.8 Å². The zero-order chi connectivity index (χ0) is 13.4. The van der Waals surface area contributed by atoms with Crippen LogP contribution in [0.1, 0.15) is 46.0 Å². The van der Waals surface area contributed by atoms with Crippen molar-refractivity contribution in [3.8, 4) is 0 Å². The molecule has 1 rings (SSSR count). The number of aliphatic hydroxyl groups is 1. The molecule has 4 heteroatoms. The van der Waals surface area contributed by atoms with E-state index >= 15 is 0 Å². The van der Waals surface area contributed by atoms with E-state index in [1.54, 1.807) is 0 Å². The van der Waals surface area contributed by atoms with Crippen LogP contribution >= 0.6 is 0 Å². The molecule has 18 heavy (non-hydrogen) atoms. The van der Waals surface area contributed by atoms with Gasteiger partial charge >= 0.3 is 0 Å². The molecule has 1 amide bonds. The Kier molecular flexibility index (Phi) is 7.28. The highest BCUT2D eigenvalue weighted by Gasteiger charge is 2.26. The molecule has 0 radical (unpaired) electrons. The summed E-state index contributed by atoms with van der Waals surface area (Å²) in [6.07, 6.45) is 4.69. The smallest absolute Gasteiger partial charge is 0.225 e. The third-order valence-electron chi connectivity index (χ3n) is 3.74. The van der Waals surface area contributed by atoms with Gasteiger partial charge in [0.1, 0.15) is 0 Å². The van der Waals surface area contributed by atoms with Crippen LogP contribution < -0.4 is 0 Å². The maximum Gasteiger partial charge on any atom is 0.225 e. The molecule has 1 saturated heterocycles. The molecule has 1 heterocycles. The zero-order valence-corrected chi connectivity index (χ0v) is 11.7. The van der Waals surface area contributed by atoms with Crippen LogP contribution in [0.15, 0.2) is 0 Å². The van der Waals surface area contributed by atoms with Gasteiger partial charge in [-0.3, -0.25) is 4.79 Å². The lowest BCUT2D eigenvalue weighted by molar-refractivity contribution is -0.138. The summed E-state index contributed by atoms with van der Waals surface area (Å²) in [5.41, 5.74) is 0. The maximum absolute atomic E-state index is 12.2. The minimum Gasteiger partial charge on any atom is -0.396 e. The molecule has 0 bridgehead atoms. The van der Waals surface area contributed by atoms with Gasteiger partial charge in [-0.25, -0.2) is 0 Å². The molecular weight excluding hydrogens is 230 g/mol. The number of piperidine rings is 1. The molecule has 106 valence electrons. The number of aliphatic hydroxyl groups excluding tert-OH is 1. The number of rotatable bonds is 7. The Balaban J connectivity index is 2.28. The van der Waals surface area contributed by atoms with Crippen molar-refractivity contribution in [2.45, 2.75) is 52.1 Å². The van der Waals surface area contributed by atoms with Crippen molar-refractivity contribution in [1.29, 1.82) is 0 Å². The van der Waals surface area contributed by atoms with Crippen LogP contribution in [-0.4, -0.2) is 48.3 Å². The van der Waals surface area contributed by atoms with Crippen molar-refractivity contribution in [2.75, 3.05) is 26.3 Å². The quantitative estimate of drug-likeness (QED) is 0.708. The van der Waals surface area contributed by atoms with Gasteiger partial charge in [0.15, 0.2) is 0 Å². The van der Waals surface area contributed by atoms with Gasteiger partial charge in [0, 0.05) is 32.2 Å². The topological polar surface area (TPSA) is 49.8 Å². The lowest BCUT2D eigenvalue weighted by Gasteiger charge is -2.34. The third-order valence-corrected chi connectivity index (χ3v) is 3.74. The van der Waals surface area contributed by atoms with Crippen LogP contribution in [0.2, 0.25) is 0 Å². The lowest BCUT2D eigenvalue weighted by atomic mass is 9.99. The van der Waals surface area contributed by atoms with Crippen LogP contribution in [0, 0.1) is 5.92 Å². The molecular formula is C14H27NO3. The van der Waals surface area contributed by atoms with E-state index < -0.39 is 0 Å². The second kappa shape index (κ2) is 8.48. The van der Waals surface area contributed by atoms with Crippen LogP contribution in [0.5, 0.6) is 0 Å². The molecule has 0 aromatic rings. The summed E-state index contributed by atoms with van der Waals surface area (Å²) in [7, 11) is 0. The molecule has 1 fully saturated rings. The predicted molar refractivity (Wildman–Crippen MR) is 71.3 cm³/mol. The normalized spacial score (nSPS) is 17.4. The van der Waals surface area contributed by atoms with Crippen molar-refractivity contribution in [2.24, 2.45) is 5.92 Å². The average Bonchev–Trinajstić information content (AvgIpc) is 2.41. The van der Waals surface area contributed by atoms with Gasteiger partial charge < -0.3 is 14.7 Å². The Morgan fingerprint density at radius 2 is 1.94 bits per heavy atom. The summed E-state index contributed by atoms with van der Waals surface area (Å²) in [6, 6.07) is 0. The van der Waals surface area contributed by atoms with Gasteiger partial charge in [0.25, 0.3) is 0 Å².